The molecule has 166 valence electrons. The Balaban J connectivity index is 1.49. The van der Waals surface area contributed by atoms with Crippen LogP contribution in [0.2, 0.25) is 0 Å². The molecule has 32 heavy (non-hydrogen) atoms. The number of rotatable bonds is 4. The van der Waals surface area contributed by atoms with E-state index in [1.807, 2.05) is 30.0 Å². The molecule has 1 unspecified atom stereocenters. The number of carbonyl (C=O) groups is 2. The van der Waals surface area contributed by atoms with Crippen LogP contribution in [0.4, 0.5) is 5.69 Å². The zero-order chi connectivity index (χ0) is 22.4. The molecule has 1 saturated heterocycles. The van der Waals surface area contributed by atoms with Crippen molar-refractivity contribution in [3.63, 3.8) is 0 Å². The minimum absolute atomic E-state index is 0.0211. The lowest BCUT2D eigenvalue weighted by atomic mass is 9.98. The molecule has 1 aliphatic carbocycles. The molecular weight excluding hydrogens is 406 g/mol. The first kappa shape index (κ1) is 20.5. The van der Waals surface area contributed by atoms with Crippen LogP contribution >= 0.6 is 0 Å². The van der Waals surface area contributed by atoms with Crippen LogP contribution in [0.25, 0.3) is 5.65 Å². The largest absolute Gasteiger partial charge is 0.330 e. The van der Waals surface area contributed by atoms with Crippen molar-refractivity contribution in [1.82, 2.24) is 19.5 Å². The summed E-state index contributed by atoms with van der Waals surface area (Å²) in [7, 11) is 0. The predicted molar refractivity (Wildman–Crippen MR) is 121 cm³/mol. The number of aromatic nitrogens is 3. The smallest absolute Gasteiger partial charge is 0.275 e. The summed E-state index contributed by atoms with van der Waals surface area (Å²) in [6.07, 6.45) is 4.51. The van der Waals surface area contributed by atoms with Crippen molar-refractivity contribution in [1.29, 1.82) is 0 Å². The van der Waals surface area contributed by atoms with Gasteiger partial charge in [-0.05, 0) is 58.1 Å². The van der Waals surface area contributed by atoms with E-state index in [4.69, 9.17) is 0 Å². The van der Waals surface area contributed by atoms with Crippen LogP contribution < -0.4 is 10.9 Å². The monoisotopic (exact) mass is 433 g/mol. The van der Waals surface area contributed by atoms with Gasteiger partial charge in [0, 0.05) is 29.8 Å². The van der Waals surface area contributed by atoms with E-state index in [2.05, 4.69) is 15.4 Å². The Kier molecular flexibility index (Phi) is 5.07. The van der Waals surface area contributed by atoms with Gasteiger partial charge in [0.15, 0.2) is 5.65 Å². The lowest BCUT2D eigenvalue weighted by Gasteiger charge is -2.35. The summed E-state index contributed by atoms with van der Waals surface area (Å²) in [6.45, 7) is 4.21. The summed E-state index contributed by atoms with van der Waals surface area (Å²) in [5, 5.41) is 6.12. The van der Waals surface area contributed by atoms with Crippen molar-refractivity contribution < 1.29 is 9.59 Å². The molecule has 2 aliphatic rings. The Hall–Kier alpha value is -3.42. The fourth-order valence-corrected chi connectivity index (χ4v) is 4.42. The molecule has 1 aliphatic heterocycles. The molecule has 3 heterocycles. The zero-order valence-corrected chi connectivity index (χ0v) is 18.4. The van der Waals surface area contributed by atoms with Crippen LogP contribution in [0, 0.1) is 19.8 Å². The molecule has 2 amide bonds. The van der Waals surface area contributed by atoms with Gasteiger partial charge in [0.2, 0.25) is 5.91 Å². The molecule has 0 radical (unpaired) electrons. The van der Waals surface area contributed by atoms with Crippen LogP contribution in [-0.4, -0.2) is 37.9 Å². The van der Waals surface area contributed by atoms with Crippen LogP contribution in [0.3, 0.4) is 0 Å². The highest BCUT2D eigenvalue weighted by molar-refractivity contribution is 6.04. The van der Waals surface area contributed by atoms with Gasteiger partial charge in [-0.25, -0.2) is 9.50 Å². The molecular formula is C24H27N5O3. The molecule has 2 fully saturated rings. The SMILES string of the molecule is Cc1nc2cc(C3CCCCN3C(=O)c3ccccc3NC(=O)C3CC3)[nH]n2c(=O)c1C. The van der Waals surface area contributed by atoms with E-state index in [9.17, 15) is 14.4 Å². The molecule has 8 heteroatoms. The topological polar surface area (TPSA) is 99.6 Å². The van der Waals surface area contributed by atoms with Crippen molar-refractivity contribution in [3.8, 4) is 0 Å². The molecule has 8 nitrogen and oxygen atoms in total. The van der Waals surface area contributed by atoms with Crippen LogP contribution in [-0.2, 0) is 4.79 Å². The number of para-hydroxylation sites is 1. The molecule has 1 atom stereocenters. The number of likely N-dealkylation sites (tertiary alicyclic amines) is 1. The highest BCUT2D eigenvalue weighted by Crippen LogP contribution is 2.34. The fourth-order valence-electron chi connectivity index (χ4n) is 4.42. The number of fused-ring (bicyclic) bond motifs is 1. The van der Waals surface area contributed by atoms with Gasteiger partial charge in [-0.3, -0.25) is 19.5 Å². The average Bonchev–Trinajstić information content (AvgIpc) is 3.57. The Labute approximate surface area is 185 Å². The molecule has 2 N–H and O–H groups in total. The number of nitrogens with zero attached hydrogens (tertiary/aromatic N) is 3. The number of H-pyrrole nitrogens is 1. The third-order valence-corrected chi connectivity index (χ3v) is 6.59. The minimum Gasteiger partial charge on any atom is -0.330 e. The van der Waals surface area contributed by atoms with Crippen molar-refractivity contribution >= 4 is 23.1 Å². The maximum atomic E-state index is 13.6. The molecule has 5 rings (SSSR count). The summed E-state index contributed by atoms with van der Waals surface area (Å²) in [6, 6.07) is 8.87. The van der Waals surface area contributed by atoms with E-state index in [1.165, 1.54) is 4.52 Å². The van der Waals surface area contributed by atoms with Crippen molar-refractivity contribution in [2.24, 2.45) is 5.92 Å². The van der Waals surface area contributed by atoms with Gasteiger partial charge in [0.05, 0.1) is 23.0 Å². The second-order valence-corrected chi connectivity index (χ2v) is 8.85. The lowest BCUT2D eigenvalue weighted by molar-refractivity contribution is -0.117. The van der Waals surface area contributed by atoms with Crippen molar-refractivity contribution in [2.75, 3.05) is 11.9 Å². The van der Waals surface area contributed by atoms with E-state index in [0.29, 0.717) is 34.7 Å². The first-order chi connectivity index (χ1) is 15.4. The number of piperidine rings is 1. The first-order valence-corrected chi connectivity index (χ1v) is 11.2. The summed E-state index contributed by atoms with van der Waals surface area (Å²) in [4.78, 5) is 45.0. The second-order valence-electron chi connectivity index (χ2n) is 8.85. The van der Waals surface area contributed by atoms with Gasteiger partial charge in [-0.15, -0.1) is 0 Å². The maximum Gasteiger partial charge on any atom is 0.275 e. The number of nitrogens with one attached hydrogen (secondary N) is 2. The minimum atomic E-state index is -0.190. The van der Waals surface area contributed by atoms with E-state index in [-0.39, 0.29) is 29.3 Å². The third-order valence-electron chi connectivity index (χ3n) is 6.59. The highest BCUT2D eigenvalue weighted by Gasteiger charge is 2.33. The van der Waals surface area contributed by atoms with Crippen molar-refractivity contribution in [3.05, 3.63) is 63.2 Å². The second kappa shape index (κ2) is 7.93. The maximum absolute atomic E-state index is 13.6. The van der Waals surface area contributed by atoms with E-state index in [0.717, 1.165) is 37.8 Å². The normalized spacial score (nSPS) is 18.7. The average molecular weight is 434 g/mol. The van der Waals surface area contributed by atoms with Gasteiger partial charge < -0.3 is 10.2 Å². The number of hydrogen-bond acceptors (Lipinski definition) is 4. The summed E-state index contributed by atoms with van der Waals surface area (Å²) >= 11 is 0. The Morgan fingerprint density at radius 3 is 2.69 bits per heavy atom. The fraction of sp³-hybridized carbons (Fsp3) is 0.417. The Morgan fingerprint density at radius 1 is 1.12 bits per heavy atom. The molecule has 3 aromatic rings. The van der Waals surface area contributed by atoms with E-state index >= 15 is 0 Å². The quantitative estimate of drug-likeness (QED) is 0.659. The number of hydrogen-bond donors (Lipinski definition) is 2. The Bertz CT molecular complexity index is 1270. The molecule has 1 aromatic carbocycles. The third kappa shape index (κ3) is 3.59. The predicted octanol–water partition coefficient (Wildman–Crippen LogP) is 3.36. The van der Waals surface area contributed by atoms with Gasteiger partial charge in [0.25, 0.3) is 11.5 Å². The number of anilines is 1. The van der Waals surface area contributed by atoms with Gasteiger partial charge in [0.1, 0.15) is 0 Å². The molecule has 1 saturated carbocycles. The number of aromatic amines is 1. The van der Waals surface area contributed by atoms with E-state index < -0.39 is 0 Å². The molecule has 2 aromatic heterocycles. The van der Waals surface area contributed by atoms with Gasteiger partial charge >= 0.3 is 0 Å². The number of carbonyl (C=O) groups excluding carboxylic acids is 2. The van der Waals surface area contributed by atoms with Gasteiger partial charge in [-0.1, -0.05) is 12.1 Å². The summed E-state index contributed by atoms with van der Waals surface area (Å²) in [5.41, 5.74) is 3.59. The molecule has 0 bridgehead atoms. The van der Waals surface area contributed by atoms with Crippen LogP contribution in [0.1, 0.15) is 65.5 Å². The van der Waals surface area contributed by atoms with Crippen LogP contribution in [0.15, 0.2) is 35.1 Å². The number of aryl methyl sites for hydroxylation is 1. The lowest BCUT2D eigenvalue weighted by Crippen LogP contribution is -2.39. The standard InChI is InChI=1S/C24H27N5O3/c1-14-15(2)25-21-13-19(27-29(21)23(14)31)20-9-5-6-12-28(20)24(32)17-7-3-4-8-18(17)26-22(30)16-10-11-16/h3-4,7-8,13,16,20,27H,5-6,9-12H2,1-2H3,(H,26,30). The van der Waals surface area contributed by atoms with Gasteiger partial charge in [-0.2, -0.15) is 0 Å². The first-order valence-electron chi connectivity index (χ1n) is 11.2. The van der Waals surface area contributed by atoms with Crippen molar-refractivity contribution in [2.45, 2.75) is 52.0 Å². The Morgan fingerprint density at radius 2 is 1.91 bits per heavy atom. The van der Waals surface area contributed by atoms with E-state index in [1.54, 1.807) is 19.1 Å². The number of benzene rings is 1. The molecule has 0 spiro atoms. The number of amides is 2. The summed E-state index contributed by atoms with van der Waals surface area (Å²) in [5.74, 6) is -0.0788. The zero-order valence-electron chi connectivity index (χ0n) is 18.4. The van der Waals surface area contributed by atoms with Crippen LogP contribution in [0.5, 0.6) is 0 Å². The summed E-state index contributed by atoms with van der Waals surface area (Å²) < 4.78 is 1.46. The highest BCUT2D eigenvalue weighted by atomic mass is 16.2.